The first-order chi connectivity index (χ1) is 9.40. The zero-order valence-corrected chi connectivity index (χ0v) is 13.7. The highest BCUT2D eigenvalue weighted by Gasteiger charge is 2.23. The Labute approximate surface area is 127 Å². The molecule has 0 amide bonds. The summed E-state index contributed by atoms with van der Waals surface area (Å²) in [4.78, 5) is 0. The van der Waals surface area contributed by atoms with Gasteiger partial charge in [0.1, 0.15) is 5.82 Å². The molecule has 0 aliphatic carbocycles. The standard InChI is InChI=1S/C13H18BrFN2O2S/c1-10-8-11(14)12(15)9-13(10)16-20(18,19)17-6-4-2-3-5-7-17/h8-9,16H,2-7H2,1H3. The second-order valence-corrected chi connectivity index (χ2v) is 7.53. The lowest BCUT2D eigenvalue weighted by Crippen LogP contribution is -2.36. The Morgan fingerprint density at radius 2 is 1.80 bits per heavy atom. The van der Waals surface area contributed by atoms with Gasteiger partial charge in [0.2, 0.25) is 0 Å². The second-order valence-electron chi connectivity index (χ2n) is 5.00. The van der Waals surface area contributed by atoms with Crippen LogP contribution in [0, 0.1) is 12.7 Å². The molecule has 7 heteroatoms. The first-order valence-electron chi connectivity index (χ1n) is 6.64. The molecule has 0 aromatic heterocycles. The van der Waals surface area contributed by atoms with E-state index in [9.17, 15) is 12.8 Å². The number of nitrogens with one attached hydrogen (secondary N) is 1. The summed E-state index contributed by atoms with van der Waals surface area (Å²) < 4.78 is 42.5. The number of hydrogen-bond acceptors (Lipinski definition) is 2. The molecule has 20 heavy (non-hydrogen) atoms. The van der Waals surface area contributed by atoms with Crippen molar-refractivity contribution in [1.82, 2.24) is 4.31 Å². The zero-order chi connectivity index (χ0) is 14.8. The van der Waals surface area contributed by atoms with Crippen LogP contribution in [0.2, 0.25) is 0 Å². The van der Waals surface area contributed by atoms with Crippen molar-refractivity contribution in [3.63, 3.8) is 0 Å². The van der Waals surface area contributed by atoms with Crippen LogP contribution in [0.15, 0.2) is 16.6 Å². The van der Waals surface area contributed by atoms with Crippen LogP contribution in [0.25, 0.3) is 0 Å². The molecular formula is C13H18BrFN2O2S. The molecule has 0 radical (unpaired) electrons. The molecule has 112 valence electrons. The van der Waals surface area contributed by atoms with Gasteiger partial charge in [0.25, 0.3) is 0 Å². The quantitative estimate of drug-likeness (QED) is 0.892. The van der Waals surface area contributed by atoms with E-state index in [1.165, 1.54) is 10.4 Å². The van der Waals surface area contributed by atoms with E-state index in [0.29, 0.717) is 23.1 Å². The molecular weight excluding hydrogens is 347 g/mol. The highest BCUT2D eigenvalue weighted by molar-refractivity contribution is 9.10. The summed E-state index contributed by atoms with van der Waals surface area (Å²) in [6.07, 6.45) is 3.85. The van der Waals surface area contributed by atoms with Gasteiger partial charge in [-0.1, -0.05) is 12.8 Å². The summed E-state index contributed by atoms with van der Waals surface area (Å²) in [5.74, 6) is -0.482. The van der Waals surface area contributed by atoms with Crippen LogP contribution in [0.1, 0.15) is 31.2 Å². The number of aryl methyl sites for hydroxylation is 1. The molecule has 4 nitrogen and oxygen atoms in total. The number of rotatable bonds is 3. The highest BCUT2D eigenvalue weighted by Crippen LogP contribution is 2.25. The SMILES string of the molecule is Cc1cc(Br)c(F)cc1NS(=O)(=O)N1CCCCCC1. The van der Waals surface area contributed by atoms with Crippen molar-refractivity contribution in [2.45, 2.75) is 32.6 Å². The predicted octanol–water partition coefficient (Wildman–Crippen LogP) is 3.43. The summed E-state index contributed by atoms with van der Waals surface area (Å²) in [6, 6.07) is 2.77. The molecule has 0 spiro atoms. The van der Waals surface area contributed by atoms with Crippen molar-refractivity contribution in [1.29, 1.82) is 0 Å². The zero-order valence-electron chi connectivity index (χ0n) is 11.3. The third kappa shape index (κ3) is 3.71. The van der Waals surface area contributed by atoms with Crippen molar-refractivity contribution in [3.05, 3.63) is 28.0 Å². The third-order valence-electron chi connectivity index (χ3n) is 3.41. The topological polar surface area (TPSA) is 49.4 Å². The monoisotopic (exact) mass is 364 g/mol. The lowest BCUT2D eigenvalue weighted by atomic mass is 10.2. The molecule has 1 aliphatic rings. The maximum Gasteiger partial charge on any atom is 0.301 e. The molecule has 1 heterocycles. The largest absolute Gasteiger partial charge is 0.301 e. The van der Waals surface area contributed by atoms with Gasteiger partial charge in [-0.2, -0.15) is 12.7 Å². The molecule has 1 aromatic rings. The van der Waals surface area contributed by atoms with Gasteiger partial charge in [-0.15, -0.1) is 0 Å². The summed E-state index contributed by atoms with van der Waals surface area (Å²) in [6.45, 7) is 2.78. The van der Waals surface area contributed by atoms with E-state index in [0.717, 1.165) is 25.7 Å². The average Bonchev–Trinajstić information content (AvgIpc) is 2.65. The van der Waals surface area contributed by atoms with Gasteiger partial charge in [0, 0.05) is 13.1 Å². The Kier molecular flexibility index (Phi) is 5.04. The van der Waals surface area contributed by atoms with Gasteiger partial charge in [0.05, 0.1) is 10.2 Å². The Morgan fingerprint density at radius 1 is 1.20 bits per heavy atom. The molecule has 2 rings (SSSR count). The van der Waals surface area contributed by atoms with Crippen molar-refractivity contribution < 1.29 is 12.8 Å². The van der Waals surface area contributed by atoms with Crippen LogP contribution < -0.4 is 4.72 Å². The van der Waals surface area contributed by atoms with Crippen LogP contribution in [-0.4, -0.2) is 25.8 Å². The average molecular weight is 365 g/mol. The van der Waals surface area contributed by atoms with Crippen molar-refractivity contribution in [2.24, 2.45) is 0 Å². The Balaban J connectivity index is 2.21. The smallest absolute Gasteiger partial charge is 0.271 e. The van der Waals surface area contributed by atoms with E-state index in [1.807, 2.05) is 0 Å². The molecule has 0 bridgehead atoms. The van der Waals surface area contributed by atoms with Gasteiger partial charge in [0.15, 0.2) is 0 Å². The fourth-order valence-corrected chi connectivity index (χ4v) is 4.07. The van der Waals surface area contributed by atoms with Gasteiger partial charge in [-0.25, -0.2) is 4.39 Å². The van der Waals surface area contributed by atoms with Gasteiger partial charge in [-0.3, -0.25) is 4.72 Å². The fraction of sp³-hybridized carbons (Fsp3) is 0.538. The van der Waals surface area contributed by atoms with Crippen molar-refractivity contribution in [2.75, 3.05) is 17.8 Å². The molecule has 0 unspecified atom stereocenters. The first kappa shape index (κ1) is 15.7. The Hall–Kier alpha value is -0.660. The molecule has 1 fully saturated rings. The van der Waals surface area contributed by atoms with E-state index in [2.05, 4.69) is 20.7 Å². The normalized spacial score (nSPS) is 17.8. The molecule has 0 saturated carbocycles. The fourth-order valence-electron chi connectivity index (χ4n) is 2.24. The minimum atomic E-state index is -3.61. The minimum Gasteiger partial charge on any atom is -0.271 e. The van der Waals surface area contributed by atoms with Gasteiger partial charge >= 0.3 is 10.2 Å². The Morgan fingerprint density at radius 3 is 2.40 bits per heavy atom. The number of hydrogen-bond donors (Lipinski definition) is 1. The highest BCUT2D eigenvalue weighted by atomic mass is 79.9. The van der Waals surface area contributed by atoms with Crippen LogP contribution in [0.4, 0.5) is 10.1 Å². The lowest BCUT2D eigenvalue weighted by molar-refractivity contribution is 0.427. The van der Waals surface area contributed by atoms with E-state index >= 15 is 0 Å². The number of nitrogens with zero attached hydrogens (tertiary/aromatic N) is 1. The van der Waals surface area contributed by atoms with Gasteiger partial charge < -0.3 is 0 Å². The minimum absolute atomic E-state index is 0.287. The molecule has 1 aromatic carbocycles. The van der Waals surface area contributed by atoms with Crippen LogP contribution >= 0.6 is 15.9 Å². The van der Waals surface area contributed by atoms with Crippen molar-refractivity contribution >= 4 is 31.8 Å². The second kappa shape index (κ2) is 6.41. The van der Waals surface area contributed by atoms with Crippen LogP contribution in [0.5, 0.6) is 0 Å². The van der Waals surface area contributed by atoms with Crippen LogP contribution in [0.3, 0.4) is 0 Å². The van der Waals surface area contributed by atoms with E-state index in [4.69, 9.17) is 0 Å². The maximum atomic E-state index is 13.5. The molecule has 1 N–H and O–H groups in total. The summed E-state index contributed by atoms with van der Waals surface area (Å²) in [5.41, 5.74) is 0.964. The van der Waals surface area contributed by atoms with E-state index < -0.39 is 16.0 Å². The third-order valence-corrected chi connectivity index (χ3v) is 5.54. The van der Waals surface area contributed by atoms with E-state index in [1.54, 1.807) is 13.0 Å². The predicted molar refractivity (Wildman–Crippen MR) is 81.4 cm³/mol. The Bertz CT molecular complexity index is 584. The summed E-state index contributed by atoms with van der Waals surface area (Å²) >= 11 is 3.08. The molecule has 1 aliphatic heterocycles. The lowest BCUT2D eigenvalue weighted by Gasteiger charge is -2.21. The van der Waals surface area contributed by atoms with Crippen LogP contribution in [-0.2, 0) is 10.2 Å². The van der Waals surface area contributed by atoms with E-state index in [-0.39, 0.29) is 5.69 Å². The summed E-state index contributed by atoms with van der Waals surface area (Å²) in [5, 5.41) is 0. The van der Waals surface area contributed by atoms with Gasteiger partial charge in [-0.05, 0) is 53.4 Å². The first-order valence-corrected chi connectivity index (χ1v) is 8.87. The number of benzene rings is 1. The molecule has 1 saturated heterocycles. The maximum absolute atomic E-state index is 13.5. The number of halogens is 2. The molecule has 0 atom stereocenters. The van der Waals surface area contributed by atoms with Crippen molar-refractivity contribution in [3.8, 4) is 0 Å². The number of anilines is 1. The summed E-state index contributed by atoms with van der Waals surface area (Å²) in [7, 11) is -3.61.